The second-order valence-electron chi connectivity index (χ2n) is 2.92. The van der Waals surface area contributed by atoms with Gasteiger partial charge >= 0.3 is 0 Å². The van der Waals surface area contributed by atoms with Crippen LogP contribution in [0.3, 0.4) is 0 Å². The summed E-state index contributed by atoms with van der Waals surface area (Å²) < 4.78 is 0. The number of H-pyrrole nitrogens is 1. The van der Waals surface area contributed by atoms with Gasteiger partial charge < -0.3 is 5.32 Å². The first kappa shape index (κ1) is 8.74. The number of aromatic amines is 1. The molecule has 2 N–H and O–H groups in total. The van der Waals surface area contributed by atoms with E-state index in [1.54, 1.807) is 6.20 Å². The van der Waals surface area contributed by atoms with Crippen molar-refractivity contribution in [3.05, 3.63) is 30.5 Å². The van der Waals surface area contributed by atoms with Gasteiger partial charge in [-0.1, -0.05) is 12.2 Å². The zero-order valence-electron chi connectivity index (χ0n) is 7.99. The van der Waals surface area contributed by atoms with Gasteiger partial charge in [-0.05, 0) is 19.1 Å². The highest BCUT2D eigenvalue weighted by atomic mass is 15.2. The third-order valence-electron chi connectivity index (χ3n) is 1.94. The van der Waals surface area contributed by atoms with E-state index in [9.17, 15) is 0 Å². The van der Waals surface area contributed by atoms with Crippen LogP contribution < -0.4 is 5.32 Å². The maximum atomic E-state index is 4.24. The van der Waals surface area contributed by atoms with Crippen molar-refractivity contribution in [2.24, 2.45) is 0 Å². The number of aromatic nitrogens is 3. The van der Waals surface area contributed by atoms with Crippen molar-refractivity contribution >= 4 is 16.9 Å². The Bertz CT molecular complexity index is 444. The van der Waals surface area contributed by atoms with Gasteiger partial charge in [0.25, 0.3) is 0 Å². The van der Waals surface area contributed by atoms with Crippen molar-refractivity contribution in [1.29, 1.82) is 0 Å². The van der Waals surface area contributed by atoms with E-state index in [4.69, 9.17) is 0 Å². The van der Waals surface area contributed by atoms with Crippen molar-refractivity contribution in [3.63, 3.8) is 0 Å². The second-order valence-corrected chi connectivity index (χ2v) is 2.92. The maximum Gasteiger partial charge on any atom is 0.174 e. The summed E-state index contributed by atoms with van der Waals surface area (Å²) in [5.74, 6) is 0.804. The SMILES string of the molecule is C/C=C\CNc1n[nH]c2cccnc12. The summed E-state index contributed by atoms with van der Waals surface area (Å²) in [6.07, 6.45) is 5.79. The van der Waals surface area contributed by atoms with Crippen molar-refractivity contribution in [2.45, 2.75) is 6.92 Å². The number of fused-ring (bicyclic) bond motifs is 1. The molecule has 0 saturated heterocycles. The predicted octanol–water partition coefficient (Wildman–Crippen LogP) is 1.95. The normalized spacial score (nSPS) is 11.2. The van der Waals surface area contributed by atoms with Gasteiger partial charge in [0.05, 0.1) is 5.52 Å². The summed E-state index contributed by atoms with van der Waals surface area (Å²) in [6, 6.07) is 3.84. The van der Waals surface area contributed by atoms with Crippen molar-refractivity contribution < 1.29 is 0 Å². The van der Waals surface area contributed by atoms with Gasteiger partial charge in [0.2, 0.25) is 0 Å². The summed E-state index contributed by atoms with van der Waals surface area (Å²) in [6.45, 7) is 2.76. The molecule has 0 bridgehead atoms. The molecule has 0 aliphatic rings. The van der Waals surface area contributed by atoms with E-state index >= 15 is 0 Å². The molecule has 0 radical (unpaired) electrons. The topological polar surface area (TPSA) is 53.6 Å². The Morgan fingerprint density at radius 3 is 3.36 bits per heavy atom. The summed E-state index contributed by atoms with van der Waals surface area (Å²) in [4.78, 5) is 4.24. The van der Waals surface area contributed by atoms with Crippen molar-refractivity contribution in [1.82, 2.24) is 15.2 Å². The molecule has 72 valence electrons. The fourth-order valence-corrected chi connectivity index (χ4v) is 1.25. The van der Waals surface area contributed by atoms with Crippen molar-refractivity contribution in [2.75, 3.05) is 11.9 Å². The van der Waals surface area contributed by atoms with E-state index in [1.165, 1.54) is 0 Å². The van der Waals surface area contributed by atoms with E-state index in [1.807, 2.05) is 31.2 Å². The molecular weight excluding hydrogens is 176 g/mol. The number of nitrogens with zero attached hydrogens (tertiary/aromatic N) is 2. The van der Waals surface area contributed by atoms with Crippen LogP contribution in [0.1, 0.15) is 6.92 Å². The van der Waals surface area contributed by atoms with E-state index in [0.29, 0.717) is 0 Å². The Morgan fingerprint density at radius 1 is 1.57 bits per heavy atom. The number of allylic oxidation sites excluding steroid dienone is 1. The van der Waals surface area contributed by atoms with Crippen LogP contribution >= 0.6 is 0 Å². The first-order valence-corrected chi connectivity index (χ1v) is 4.56. The average Bonchev–Trinajstić information content (AvgIpc) is 2.63. The highest BCUT2D eigenvalue weighted by Crippen LogP contribution is 2.15. The minimum atomic E-state index is 0.771. The maximum absolute atomic E-state index is 4.24. The summed E-state index contributed by atoms with van der Waals surface area (Å²) in [5.41, 5.74) is 1.84. The first-order chi connectivity index (χ1) is 6.92. The molecular formula is C10H12N4. The summed E-state index contributed by atoms with van der Waals surface area (Å²) in [7, 11) is 0. The summed E-state index contributed by atoms with van der Waals surface area (Å²) >= 11 is 0. The molecule has 0 spiro atoms. The zero-order chi connectivity index (χ0) is 9.80. The molecule has 0 aliphatic carbocycles. The molecule has 0 unspecified atom stereocenters. The average molecular weight is 188 g/mol. The Balaban J connectivity index is 2.25. The van der Waals surface area contributed by atoms with Crippen LogP contribution in [0.4, 0.5) is 5.82 Å². The van der Waals surface area contributed by atoms with Gasteiger partial charge in [0.1, 0.15) is 5.52 Å². The lowest BCUT2D eigenvalue weighted by atomic mass is 10.4. The predicted molar refractivity (Wildman–Crippen MR) is 57.2 cm³/mol. The van der Waals surface area contributed by atoms with Crippen LogP contribution in [0.2, 0.25) is 0 Å². The van der Waals surface area contributed by atoms with Gasteiger partial charge in [-0.2, -0.15) is 5.10 Å². The Hall–Kier alpha value is -1.84. The van der Waals surface area contributed by atoms with Gasteiger partial charge in [-0.3, -0.25) is 10.1 Å². The molecule has 4 nitrogen and oxygen atoms in total. The van der Waals surface area contributed by atoms with Crippen LogP contribution in [-0.2, 0) is 0 Å². The van der Waals surface area contributed by atoms with E-state index in [-0.39, 0.29) is 0 Å². The molecule has 2 heterocycles. The number of nitrogens with one attached hydrogen (secondary N) is 2. The Labute approximate surface area is 82.1 Å². The van der Waals surface area contributed by atoms with Crippen LogP contribution in [0.25, 0.3) is 11.0 Å². The van der Waals surface area contributed by atoms with Gasteiger partial charge in [-0.25, -0.2) is 0 Å². The first-order valence-electron chi connectivity index (χ1n) is 4.56. The van der Waals surface area contributed by atoms with E-state index < -0.39 is 0 Å². The molecule has 0 amide bonds. The molecule has 2 aromatic heterocycles. The Morgan fingerprint density at radius 2 is 2.50 bits per heavy atom. The largest absolute Gasteiger partial charge is 0.363 e. The van der Waals surface area contributed by atoms with Gasteiger partial charge in [0.15, 0.2) is 5.82 Å². The monoisotopic (exact) mass is 188 g/mol. The van der Waals surface area contributed by atoms with Crippen molar-refractivity contribution in [3.8, 4) is 0 Å². The van der Waals surface area contributed by atoms with Crippen LogP contribution in [0.5, 0.6) is 0 Å². The lowest BCUT2D eigenvalue weighted by Crippen LogP contribution is -1.98. The van der Waals surface area contributed by atoms with E-state index in [2.05, 4.69) is 20.5 Å². The van der Waals surface area contributed by atoms with Crippen LogP contribution in [0, 0.1) is 0 Å². The fourth-order valence-electron chi connectivity index (χ4n) is 1.25. The van der Waals surface area contributed by atoms with Crippen LogP contribution in [-0.4, -0.2) is 21.7 Å². The molecule has 14 heavy (non-hydrogen) atoms. The number of pyridine rings is 1. The standard InChI is InChI=1S/C10H12N4/c1-2-3-6-12-10-9-8(13-14-10)5-4-7-11-9/h2-5,7H,6H2,1H3,(H2,12,13,14)/b3-2-. The number of anilines is 1. The van der Waals surface area contributed by atoms with Crippen LogP contribution in [0.15, 0.2) is 30.5 Å². The quantitative estimate of drug-likeness (QED) is 0.724. The minimum absolute atomic E-state index is 0.771. The lowest BCUT2D eigenvalue weighted by molar-refractivity contribution is 1.10. The highest BCUT2D eigenvalue weighted by molar-refractivity contribution is 5.85. The third-order valence-corrected chi connectivity index (χ3v) is 1.94. The molecule has 0 atom stereocenters. The van der Waals surface area contributed by atoms with Gasteiger partial charge in [0, 0.05) is 12.7 Å². The Kier molecular flexibility index (Phi) is 2.44. The summed E-state index contributed by atoms with van der Waals surface area (Å²) in [5, 5.41) is 10.2. The second kappa shape index (κ2) is 3.91. The van der Waals surface area contributed by atoms with E-state index in [0.717, 1.165) is 23.4 Å². The molecule has 0 fully saturated rings. The fraction of sp³-hybridized carbons (Fsp3) is 0.200. The number of rotatable bonds is 3. The molecule has 2 rings (SSSR count). The number of hydrogen-bond donors (Lipinski definition) is 2. The lowest BCUT2D eigenvalue weighted by Gasteiger charge is -1.96. The minimum Gasteiger partial charge on any atom is -0.363 e. The smallest absolute Gasteiger partial charge is 0.174 e. The van der Waals surface area contributed by atoms with Gasteiger partial charge in [-0.15, -0.1) is 0 Å². The molecule has 0 aliphatic heterocycles. The highest BCUT2D eigenvalue weighted by Gasteiger charge is 2.03. The number of hydrogen-bond acceptors (Lipinski definition) is 3. The molecule has 0 saturated carbocycles. The molecule has 0 aromatic carbocycles. The third kappa shape index (κ3) is 1.59. The zero-order valence-corrected chi connectivity index (χ0v) is 7.99. The molecule has 4 heteroatoms. The molecule has 2 aromatic rings.